The summed E-state index contributed by atoms with van der Waals surface area (Å²) in [6.07, 6.45) is -1.02. The molecule has 35 nitrogen and oxygen atoms in total. The molecule has 0 aromatic heterocycles. The van der Waals surface area contributed by atoms with Crippen LogP contribution in [-0.4, -0.2) is 202 Å². The Kier molecular flexibility index (Phi) is 45.7. The van der Waals surface area contributed by atoms with Crippen LogP contribution in [0.15, 0.2) is 0 Å². The van der Waals surface area contributed by atoms with E-state index in [1.165, 1.54) is 6.92 Å². The molecule has 0 aliphatic carbocycles. The molecular formula is C68H122N16O19. The fourth-order valence-corrected chi connectivity index (χ4v) is 10.9. The lowest BCUT2D eigenvalue weighted by molar-refractivity contribution is -0.142. The van der Waals surface area contributed by atoms with Gasteiger partial charge in [0.25, 0.3) is 0 Å². The zero-order chi connectivity index (χ0) is 79.0. The van der Waals surface area contributed by atoms with Crippen LogP contribution in [0.5, 0.6) is 0 Å². The number of hydrogen-bond acceptors (Lipinski definition) is 19. The zero-order valence-corrected chi connectivity index (χ0v) is 62.4. The number of carboxylic acids is 3. The minimum Gasteiger partial charge on any atom is -0.481 e. The van der Waals surface area contributed by atoms with Gasteiger partial charge in [-0.15, -0.1) is 0 Å². The number of unbranched alkanes of at least 4 members (excludes halogenated alkanes) is 3. The normalized spacial score (nSPS) is 14.9. The highest BCUT2D eigenvalue weighted by molar-refractivity contribution is 6.01. The fraction of sp³-hybridized carbons (Fsp3) is 0.765. The highest BCUT2D eigenvalue weighted by Crippen LogP contribution is 2.16. The number of rotatable bonds is 54. The number of nitrogens with two attached hydrogens (primary N) is 4. The first-order valence-corrected chi connectivity index (χ1v) is 35.7. The third-order valence-electron chi connectivity index (χ3n) is 15.9. The van der Waals surface area contributed by atoms with Gasteiger partial charge in [-0.3, -0.25) is 76.7 Å². The van der Waals surface area contributed by atoms with E-state index in [2.05, 4.69) is 63.8 Å². The number of carboxylic acid groups (broad SMARTS) is 3. The highest BCUT2D eigenvalue weighted by Gasteiger charge is 2.39. The molecule has 0 aromatic carbocycles. The quantitative estimate of drug-likeness (QED) is 0.0305. The van der Waals surface area contributed by atoms with Crippen molar-refractivity contribution in [3.8, 4) is 0 Å². The van der Waals surface area contributed by atoms with Crippen molar-refractivity contribution < 1.29 is 92.0 Å². The van der Waals surface area contributed by atoms with E-state index in [0.717, 1.165) is 0 Å². The predicted octanol–water partition coefficient (Wildman–Crippen LogP) is -1.60. The molecule has 0 unspecified atom stereocenters. The van der Waals surface area contributed by atoms with Crippen molar-refractivity contribution in [1.29, 1.82) is 0 Å². The predicted molar refractivity (Wildman–Crippen MR) is 380 cm³/mol. The van der Waals surface area contributed by atoms with Gasteiger partial charge in [0.2, 0.25) is 76.8 Å². The SMILES string of the molecule is CC(=O)N[C@@H](CCCCN)C(=O)N[C@@H](CC(C)C)C(=O)N[C@@H](CC(=O)O)C(=O)N[C@@H](CC(C)C)C(=O)N[C@@H](CCCCN)C(=O)N[C@@H](CC(C)C)C(=O)N[C@@H](CC(=O)O)C(=O)N[C@@H](CC(C)C)C(=O)N[C@@H](CCCCN)C(=O)N[C@@H](CC(C)C)C(=O)N[C@@H](CC(=O)O)C(=O)N[C@@H](CC(C)C)C(N)=O. The molecule has 0 aliphatic rings. The van der Waals surface area contributed by atoms with Crippen LogP contribution in [0, 0.1) is 35.5 Å². The molecule has 0 spiro atoms. The number of amides is 13. The number of nitrogens with one attached hydrogen (secondary N) is 12. The Morgan fingerprint density at radius 1 is 0.252 bits per heavy atom. The molecular weight excluding hydrogens is 1340 g/mol. The first-order valence-electron chi connectivity index (χ1n) is 35.7. The molecule has 0 saturated carbocycles. The first kappa shape index (κ1) is 94.4. The van der Waals surface area contributed by atoms with E-state index >= 15 is 0 Å². The molecule has 23 N–H and O–H groups in total. The monoisotopic (exact) mass is 1470 g/mol. The molecule has 0 aliphatic heterocycles. The van der Waals surface area contributed by atoms with Crippen molar-refractivity contribution in [3.05, 3.63) is 0 Å². The summed E-state index contributed by atoms with van der Waals surface area (Å²) in [5.41, 5.74) is 22.7. The first-order chi connectivity index (χ1) is 48.0. The molecule has 0 rings (SSSR count). The number of carbonyl (C=O) groups is 16. The van der Waals surface area contributed by atoms with Gasteiger partial charge in [0.05, 0.1) is 19.3 Å². The summed E-state index contributed by atoms with van der Waals surface area (Å²) >= 11 is 0. The van der Waals surface area contributed by atoms with Crippen LogP contribution in [-0.2, 0) is 76.7 Å². The van der Waals surface area contributed by atoms with E-state index in [4.69, 9.17) is 22.9 Å². The molecule has 0 radical (unpaired) electrons. The van der Waals surface area contributed by atoms with E-state index in [1.54, 1.807) is 83.1 Å². The molecule has 0 fully saturated rings. The third kappa shape index (κ3) is 40.7. The molecule has 0 aromatic rings. The van der Waals surface area contributed by atoms with Gasteiger partial charge in [-0.25, -0.2) is 0 Å². The summed E-state index contributed by atoms with van der Waals surface area (Å²) in [5, 5.41) is 59.9. The van der Waals surface area contributed by atoms with Gasteiger partial charge < -0.3 is 102 Å². The average Bonchev–Trinajstić information content (AvgIpc) is 0.861. The maximum atomic E-state index is 14.5. The van der Waals surface area contributed by atoms with Crippen LogP contribution in [0.25, 0.3) is 0 Å². The molecule has 35 heteroatoms. The van der Waals surface area contributed by atoms with E-state index in [0.29, 0.717) is 32.2 Å². The number of carbonyl (C=O) groups excluding carboxylic acids is 13. The van der Waals surface area contributed by atoms with Crippen molar-refractivity contribution in [2.75, 3.05) is 19.6 Å². The van der Waals surface area contributed by atoms with Crippen molar-refractivity contribution >= 4 is 94.7 Å². The standard InChI is InChI=1S/C68H122N16O19/c1-35(2)26-45(57(72)92)76-66(101)51(32-54(86)87)82-64(99)49(30-39(9)10)78-59(94)43(21-15-18-24-70)74-62(97)47(28-37(5)6)81-68(103)53(34-56(90)91)84-65(100)50(31-40(11)12)79-60(95)44(22-16-19-25-71)75-61(96)46(27-36(3)4)80-67(102)52(33-55(88)89)83-63(98)48(29-38(7)8)77-58(93)42(73-41(13)85)20-14-17-23-69/h35-40,42-53H,14-34,69-71H2,1-13H3,(H2,72,92)(H,73,85)(H,74,97)(H,75,96)(H,76,101)(H,77,93)(H,78,94)(H,79,95)(H,80,102)(H,81,103)(H,82,99)(H,83,98)(H,84,100)(H,86,87)(H,88,89)(H,90,91)/t42-,43-,44-,45-,46-,47-,48-,49-,50-,51-,52-,53-/m0/s1. The summed E-state index contributed by atoms with van der Waals surface area (Å²) in [6.45, 7) is 22.5. The zero-order valence-electron chi connectivity index (χ0n) is 62.4. The minimum atomic E-state index is -1.92. The molecule has 103 heavy (non-hydrogen) atoms. The van der Waals surface area contributed by atoms with Gasteiger partial charge in [0.15, 0.2) is 0 Å². The topological polar surface area (TPSA) is 582 Å². The van der Waals surface area contributed by atoms with Gasteiger partial charge in [-0.05, 0) is 151 Å². The Bertz CT molecular complexity index is 2800. The van der Waals surface area contributed by atoms with E-state index in [-0.39, 0.29) is 119 Å². The lowest BCUT2D eigenvalue weighted by Crippen LogP contribution is -2.61. The molecule has 0 heterocycles. The smallest absolute Gasteiger partial charge is 0.305 e. The van der Waals surface area contributed by atoms with Gasteiger partial charge in [0, 0.05) is 6.92 Å². The summed E-state index contributed by atoms with van der Waals surface area (Å²) in [4.78, 5) is 216. The highest BCUT2D eigenvalue weighted by atomic mass is 16.4. The summed E-state index contributed by atoms with van der Waals surface area (Å²) < 4.78 is 0. The van der Waals surface area contributed by atoms with Crippen molar-refractivity contribution in [1.82, 2.24) is 63.8 Å². The Morgan fingerprint density at radius 2 is 0.417 bits per heavy atom. The second-order valence-electron chi connectivity index (χ2n) is 28.8. The summed E-state index contributed by atoms with van der Waals surface area (Å²) in [7, 11) is 0. The van der Waals surface area contributed by atoms with Crippen LogP contribution in [0.3, 0.4) is 0 Å². The van der Waals surface area contributed by atoms with Crippen molar-refractivity contribution in [2.24, 2.45) is 58.4 Å². The molecule has 0 bridgehead atoms. The maximum absolute atomic E-state index is 14.5. The maximum Gasteiger partial charge on any atom is 0.305 e. The Morgan fingerprint density at radius 3 is 0.602 bits per heavy atom. The van der Waals surface area contributed by atoms with Crippen molar-refractivity contribution in [3.63, 3.8) is 0 Å². The summed E-state index contributed by atoms with van der Waals surface area (Å²) in [6, 6.07) is -17.9. The number of hydrogen-bond donors (Lipinski definition) is 19. The van der Waals surface area contributed by atoms with Crippen LogP contribution >= 0.6 is 0 Å². The van der Waals surface area contributed by atoms with Crippen LogP contribution < -0.4 is 86.7 Å². The largest absolute Gasteiger partial charge is 0.481 e. The van der Waals surface area contributed by atoms with Gasteiger partial charge in [-0.1, -0.05) is 83.1 Å². The second kappa shape index (κ2) is 49.9. The summed E-state index contributed by atoms with van der Waals surface area (Å²) in [5.74, 6) is -18.5. The van der Waals surface area contributed by atoms with Gasteiger partial charge >= 0.3 is 17.9 Å². The van der Waals surface area contributed by atoms with Crippen LogP contribution in [0.4, 0.5) is 0 Å². The van der Waals surface area contributed by atoms with Crippen LogP contribution in [0.2, 0.25) is 0 Å². The molecule has 0 saturated heterocycles. The van der Waals surface area contributed by atoms with E-state index in [9.17, 15) is 92.0 Å². The van der Waals surface area contributed by atoms with Crippen LogP contribution in [0.1, 0.15) is 206 Å². The molecule has 12 atom stereocenters. The molecule has 13 amide bonds. The Balaban J connectivity index is 7.17. The fourth-order valence-electron chi connectivity index (χ4n) is 10.9. The third-order valence-corrected chi connectivity index (χ3v) is 15.9. The van der Waals surface area contributed by atoms with Gasteiger partial charge in [-0.2, -0.15) is 0 Å². The Hall–Kier alpha value is -8.60. The average molecular weight is 1470 g/mol. The van der Waals surface area contributed by atoms with Gasteiger partial charge in [0.1, 0.15) is 72.5 Å². The second-order valence-corrected chi connectivity index (χ2v) is 28.8. The minimum absolute atomic E-state index is 0.0198. The number of aliphatic carboxylic acids is 3. The van der Waals surface area contributed by atoms with E-state index < -0.39 is 186 Å². The lowest BCUT2D eigenvalue weighted by Gasteiger charge is -2.29. The van der Waals surface area contributed by atoms with Crippen molar-refractivity contribution in [2.45, 2.75) is 278 Å². The number of primary amides is 1. The lowest BCUT2D eigenvalue weighted by atomic mass is 9.99. The Labute approximate surface area is 604 Å². The molecule has 588 valence electrons. The van der Waals surface area contributed by atoms with E-state index in [1.807, 2.05) is 0 Å².